The van der Waals surface area contributed by atoms with E-state index in [0.29, 0.717) is 19.4 Å². The number of piperidine rings is 1. The summed E-state index contributed by atoms with van der Waals surface area (Å²) in [5.41, 5.74) is 0.352. The summed E-state index contributed by atoms with van der Waals surface area (Å²) in [6, 6.07) is 9.95. The highest BCUT2D eigenvalue weighted by atomic mass is 16.6. The number of nitrogens with zero attached hydrogens (tertiary/aromatic N) is 1. The summed E-state index contributed by atoms with van der Waals surface area (Å²) in [4.78, 5) is 14.4. The Morgan fingerprint density at radius 3 is 2.52 bits per heavy atom. The molecule has 1 aromatic carbocycles. The highest BCUT2D eigenvalue weighted by Crippen LogP contribution is 2.43. The average Bonchev–Trinajstić information content (AvgIpc) is 2.90. The Morgan fingerprint density at radius 2 is 1.88 bits per heavy atom. The van der Waals surface area contributed by atoms with Crippen molar-refractivity contribution in [2.45, 2.75) is 69.2 Å². The first kappa shape index (κ1) is 18.2. The molecule has 0 radical (unpaired) electrons. The third-order valence-electron chi connectivity index (χ3n) is 5.51. The molecule has 2 fully saturated rings. The molecule has 2 aliphatic heterocycles. The summed E-state index contributed by atoms with van der Waals surface area (Å²) in [7, 11) is 1.70. The van der Waals surface area contributed by atoms with Gasteiger partial charge < -0.3 is 19.5 Å². The van der Waals surface area contributed by atoms with Gasteiger partial charge in [-0.3, -0.25) is 0 Å². The van der Waals surface area contributed by atoms with Crippen LogP contribution >= 0.6 is 0 Å². The number of amides is 1. The van der Waals surface area contributed by atoms with E-state index in [1.807, 2.05) is 35.2 Å². The van der Waals surface area contributed by atoms with E-state index >= 15 is 0 Å². The van der Waals surface area contributed by atoms with Gasteiger partial charge in [-0.25, -0.2) is 4.79 Å². The Hall–Kier alpha value is -1.59. The van der Waals surface area contributed by atoms with Crippen LogP contribution in [0.3, 0.4) is 0 Å². The summed E-state index contributed by atoms with van der Waals surface area (Å²) in [6.07, 6.45) is 5.73. The van der Waals surface area contributed by atoms with Crippen molar-refractivity contribution >= 4 is 6.09 Å². The van der Waals surface area contributed by atoms with Crippen molar-refractivity contribution in [3.05, 3.63) is 35.9 Å². The zero-order valence-corrected chi connectivity index (χ0v) is 15.0. The van der Waals surface area contributed by atoms with Crippen molar-refractivity contribution in [2.75, 3.05) is 13.7 Å². The molecule has 5 nitrogen and oxygen atoms in total. The second-order valence-electron chi connectivity index (χ2n) is 7.41. The van der Waals surface area contributed by atoms with Gasteiger partial charge in [0.25, 0.3) is 0 Å². The number of benzene rings is 1. The lowest BCUT2D eigenvalue weighted by molar-refractivity contribution is -0.0558. The van der Waals surface area contributed by atoms with Crippen LogP contribution in [0.15, 0.2) is 30.3 Å². The lowest BCUT2D eigenvalue weighted by atomic mass is 9.82. The van der Waals surface area contributed by atoms with Crippen LogP contribution in [0.25, 0.3) is 0 Å². The van der Waals surface area contributed by atoms with Gasteiger partial charge >= 0.3 is 6.09 Å². The zero-order valence-electron chi connectivity index (χ0n) is 15.0. The van der Waals surface area contributed by atoms with E-state index in [1.165, 1.54) is 0 Å². The average molecular weight is 347 g/mol. The van der Waals surface area contributed by atoms with E-state index in [4.69, 9.17) is 9.47 Å². The van der Waals surface area contributed by atoms with Gasteiger partial charge in [0.1, 0.15) is 6.61 Å². The molecule has 2 aliphatic rings. The molecule has 0 aliphatic carbocycles. The van der Waals surface area contributed by atoms with E-state index in [9.17, 15) is 9.90 Å². The highest BCUT2D eigenvalue weighted by Gasteiger charge is 2.49. The largest absolute Gasteiger partial charge is 0.445 e. The molecule has 1 N–H and O–H groups in total. The Morgan fingerprint density at radius 1 is 1.20 bits per heavy atom. The fraction of sp³-hybridized carbons (Fsp3) is 0.650. The molecule has 1 amide bonds. The summed E-state index contributed by atoms with van der Waals surface area (Å²) in [6.45, 7) is 1.04. The second kappa shape index (κ2) is 8.19. The molecule has 138 valence electrons. The molecule has 2 atom stereocenters. The number of methoxy groups -OCH3 is 1. The van der Waals surface area contributed by atoms with Gasteiger partial charge in [0, 0.05) is 25.8 Å². The van der Waals surface area contributed by atoms with Crippen LogP contribution in [-0.4, -0.2) is 47.5 Å². The number of aliphatic hydroxyl groups is 1. The van der Waals surface area contributed by atoms with E-state index in [1.54, 1.807) is 7.11 Å². The number of hydrogen-bond donors (Lipinski definition) is 1. The van der Waals surface area contributed by atoms with Gasteiger partial charge in [-0.15, -0.1) is 0 Å². The maximum absolute atomic E-state index is 12.5. The summed E-state index contributed by atoms with van der Waals surface area (Å²) < 4.78 is 10.6. The Bertz CT molecular complexity index is 548. The molecule has 3 rings (SSSR count). The van der Waals surface area contributed by atoms with E-state index in [2.05, 4.69) is 0 Å². The maximum Gasteiger partial charge on any atom is 0.410 e. The van der Waals surface area contributed by atoms with Gasteiger partial charge in [0.05, 0.1) is 5.60 Å². The number of rotatable bonds is 7. The van der Waals surface area contributed by atoms with Crippen LogP contribution in [-0.2, 0) is 16.1 Å². The molecular weight excluding hydrogens is 318 g/mol. The SMILES string of the molecule is COCCCCC1(O)CC2CCC(C1)N2C(=O)OCc1ccccc1. The monoisotopic (exact) mass is 347 g/mol. The van der Waals surface area contributed by atoms with Crippen LogP contribution in [0.2, 0.25) is 0 Å². The zero-order chi connectivity index (χ0) is 17.7. The molecule has 2 heterocycles. The molecule has 25 heavy (non-hydrogen) atoms. The second-order valence-corrected chi connectivity index (χ2v) is 7.41. The Kier molecular flexibility index (Phi) is 5.97. The van der Waals surface area contributed by atoms with Crippen molar-refractivity contribution in [3.63, 3.8) is 0 Å². The summed E-state index contributed by atoms with van der Waals surface area (Å²) >= 11 is 0. The summed E-state index contributed by atoms with van der Waals surface area (Å²) in [5, 5.41) is 10.9. The molecule has 0 saturated carbocycles. The number of carbonyl (C=O) groups excluding carboxylic acids is 1. The molecule has 2 saturated heterocycles. The quantitative estimate of drug-likeness (QED) is 0.767. The van der Waals surface area contributed by atoms with Gasteiger partial charge in [-0.2, -0.15) is 0 Å². The molecule has 2 unspecified atom stereocenters. The first-order valence-corrected chi connectivity index (χ1v) is 9.32. The van der Waals surface area contributed by atoms with Crippen LogP contribution < -0.4 is 0 Å². The Balaban J connectivity index is 1.52. The topological polar surface area (TPSA) is 59.0 Å². The number of fused-ring (bicyclic) bond motifs is 2. The normalized spacial score (nSPS) is 28.2. The lowest BCUT2D eigenvalue weighted by Gasteiger charge is -2.43. The number of hydrogen-bond acceptors (Lipinski definition) is 4. The first-order chi connectivity index (χ1) is 12.1. The lowest BCUT2D eigenvalue weighted by Crippen LogP contribution is -2.53. The predicted molar refractivity (Wildman–Crippen MR) is 95.2 cm³/mol. The smallest absolute Gasteiger partial charge is 0.410 e. The van der Waals surface area contributed by atoms with Gasteiger partial charge in [0.2, 0.25) is 0 Å². The van der Waals surface area contributed by atoms with Crippen LogP contribution in [0.5, 0.6) is 0 Å². The molecule has 0 spiro atoms. The van der Waals surface area contributed by atoms with Crippen molar-refractivity contribution in [2.24, 2.45) is 0 Å². The van der Waals surface area contributed by atoms with Gasteiger partial charge in [-0.05, 0) is 50.5 Å². The van der Waals surface area contributed by atoms with E-state index in [-0.39, 0.29) is 18.2 Å². The van der Waals surface area contributed by atoms with Crippen molar-refractivity contribution in [1.29, 1.82) is 0 Å². The Labute approximate surface area is 149 Å². The maximum atomic E-state index is 12.5. The van der Waals surface area contributed by atoms with E-state index < -0.39 is 5.60 Å². The van der Waals surface area contributed by atoms with Gasteiger partial charge in [0.15, 0.2) is 0 Å². The fourth-order valence-electron chi connectivity index (χ4n) is 4.32. The molecular formula is C20H29NO4. The molecule has 2 bridgehead atoms. The number of unbranched alkanes of at least 4 members (excludes halogenated alkanes) is 1. The minimum atomic E-state index is -0.643. The number of carbonyl (C=O) groups is 1. The minimum absolute atomic E-state index is 0.106. The third-order valence-corrected chi connectivity index (χ3v) is 5.51. The van der Waals surface area contributed by atoms with Crippen LogP contribution in [0.4, 0.5) is 4.79 Å². The van der Waals surface area contributed by atoms with Crippen LogP contribution in [0, 0.1) is 0 Å². The standard InChI is InChI=1S/C20H29NO4/c1-24-12-6-5-11-20(23)13-17-9-10-18(14-20)21(17)19(22)25-15-16-7-3-2-4-8-16/h2-4,7-8,17-18,23H,5-6,9-15H2,1H3. The number of ether oxygens (including phenoxy) is 2. The van der Waals surface area contributed by atoms with Crippen molar-refractivity contribution in [1.82, 2.24) is 4.90 Å². The molecule has 0 aromatic heterocycles. The van der Waals surface area contributed by atoms with E-state index in [0.717, 1.165) is 44.3 Å². The van der Waals surface area contributed by atoms with Crippen molar-refractivity contribution < 1.29 is 19.4 Å². The van der Waals surface area contributed by atoms with Crippen LogP contribution in [0.1, 0.15) is 50.5 Å². The highest BCUT2D eigenvalue weighted by molar-refractivity contribution is 5.69. The fourth-order valence-corrected chi connectivity index (χ4v) is 4.32. The minimum Gasteiger partial charge on any atom is -0.445 e. The van der Waals surface area contributed by atoms with Gasteiger partial charge in [-0.1, -0.05) is 30.3 Å². The first-order valence-electron chi connectivity index (χ1n) is 9.32. The van der Waals surface area contributed by atoms with Crippen molar-refractivity contribution in [3.8, 4) is 0 Å². The molecule has 1 aromatic rings. The molecule has 5 heteroatoms. The third kappa shape index (κ3) is 4.53. The predicted octanol–water partition coefficient (Wildman–Crippen LogP) is 3.50. The summed E-state index contributed by atoms with van der Waals surface area (Å²) in [5.74, 6) is 0.